The fourth-order valence-electron chi connectivity index (χ4n) is 1.27. The van der Waals surface area contributed by atoms with Crippen LogP contribution in [-0.2, 0) is 9.63 Å². The van der Waals surface area contributed by atoms with E-state index in [1.165, 1.54) is 0 Å². The van der Waals surface area contributed by atoms with E-state index in [4.69, 9.17) is 11.6 Å². The van der Waals surface area contributed by atoms with Gasteiger partial charge in [-0.3, -0.25) is 0 Å². The van der Waals surface area contributed by atoms with Crippen molar-refractivity contribution in [3.8, 4) is 0 Å². The molecule has 0 saturated carbocycles. The Balaban J connectivity index is 2.00. The third-order valence-electron chi connectivity index (χ3n) is 2.16. The van der Waals surface area contributed by atoms with E-state index in [2.05, 4.69) is 20.8 Å². The van der Waals surface area contributed by atoms with Gasteiger partial charge in [0, 0.05) is 0 Å². The molecule has 0 amide bonds. The van der Waals surface area contributed by atoms with Crippen LogP contribution in [0.4, 0.5) is 5.69 Å². The molecule has 1 unspecified atom stereocenters. The molecular weight excluding hydrogens is 230 g/mol. The summed E-state index contributed by atoms with van der Waals surface area (Å²) in [6.45, 7) is 1.71. The summed E-state index contributed by atoms with van der Waals surface area (Å²) in [7, 11) is 0. The molecule has 0 aromatic heterocycles. The molecule has 0 saturated heterocycles. The molecule has 0 aliphatic carbocycles. The van der Waals surface area contributed by atoms with Gasteiger partial charge in [0.1, 0.15) is 0 Å². The van der Waals surface area contributed by atoms with Crippen LogP contribution in [0.25, 0.3) is 0 Å². The van der Waals surface area contributed by atoms with Gasteiger partial charge in [-0.2, -0.15) is 0 Å². The fraction of sp³-hybridized carbons (Fsp3) is 0.200. The predicted octanol–water partition coefficient (Wildman–Crippen LogP) is 1.56. The molecular formula is C10H10ClN3O2. The van der Waals surface area contributed by atoms with Crippen LogP contribution in [0.5, 0.6) is 0 Å². The minimum Gasteiger partial charge on any atom is -0.319 e. The van der Waals surface area contributed by atoms with Crippen LogP contribution in [0, 0.1) is 0 Å². The molecule has 1 aliphatic rings. The van der Waals surface area contributed by atoms with Crippen molar-refractivity contribution in [3.63, 3.8) is 0 Å². The van der Waals surface area contributed by atoms with Gasteiger partial charge in [0.05, 0.1) is 16.4 Å². The number of benzene rings is 1. The summed E-state index contributed by atoms with van der Waals surface area (Å²) in [6.07, 6.45) is 0. The van der Waals surface area contributed by atoms with Crippen LogP contribution < -0.4 is 10.9 Å². The first-order valence-corrected chi connectivity index (χ1v) is 5.07. The van der Waals surface area contributed by atoms with Gasteiger partial charge >= 0.3 is 5.97 Å². The van der Waals surface area contributed by atoms with Gasteiger partial charge in [-0.05, 0) is 19.1 Å². The van der Waals surface area contributed by atoms with Gasteiger partial charge in [-0.25, -0.2) is 10.2 Å². The van der Waals surface area contributed by atoms with Crippen molar-refractivity contribution in [2.45, 2.75) is 13.0 Å². The molecule has 1 aromatic rings. The lowest BCUT2D eigenvalue weighted by Crippen LogP contribution is -2.42. The number of anilines is 1. The van der Waals surface area contributed by atoms with Crippen molar-refractivity contribution in [3.05, 3.63) is 29.3 Å². The first-order chi connectivity index (χ1) is 7.68. The molecule has 0 spiro atoms. The van der Waals surface area contributed by atoms with E-state index in [0.717, 1.165) is 0 Å². The van der Waals surface area contributed by atoms with Crippen molar-refractivity contribution in [1.29, 1.82) is 0 Å². The van der Waals surface area contributed by atoms with Crippen molar-refractivity contribution in [1.82, 2.24) is 5.43 Å². The van der Waals surface area contributed by atoms with Crippen molar-refractivity contribution in [2.24, 2.45) is 5.16 Å². The monoisotopic (exact) mass is 239 g/mol. The van der Waals surface area contributed by atoms with Gasteiger partial charge in [-0.1, -0.05) is 28.9 Å². The lowest BCUT2D eigenvalue weighted by Gasteiger charge is -2.12. The minimum atomic E-state index is -0.573. The number of carbonyl (C=O) groups excluding carboxylic acids is 1. The molecule has 6 heteroatoms. The van der Waals surface area contributed by atoms with Crippen LogP contribution in [-0.4, -0.2) is 17.7 Å². The average Bonchev–Trinajstić information content (AvgIpc) is 2.58. The molecule has 5 nitrogen and oxygen atoms in total. The van der Waals surface area contributed by atoms with Gasteiger partial charge in [-0.15, -0.1) is 0 Å². The van der Waals surface area contributed by atoms with Crippen LogP contribution in [0.1, 0.15) is 6.92 Å². The third kappa shape index (κ3) is 2.15. The lowest BCUT2D eigenvalue weighted by molar-refractivity contribution is -0.141. The van der Waals surface area contributed by atoms with E-state index in [1.54, 1.807) is 19.1 Å². The van der Waals surface area contributed by atoms with Gasteiger partial charge in [0.25, 0.3) is 0 Å². The number of oxime groups is 1. The summed E-state index contributed by atoms with van der Waals surface area (Å²) in [5.74, 6) is -0.433. The molecule has 1 aromatic carbocycles. The number of hydrogen-bond donors (Lipinski definition) is 2. The molecule has 0 fully saturated rings. The highest BCUT2D eigenvalue weighted by molar-refractivity contribution is 6.33. The van der Waals surface area contributed by atoms with Gasteiger partial charge in [0.15, 0.2) is 6.04 Å². The molecule has 84 valence electrons. The maximum absolute atomic E-state index is 11.2. The number of halogens is 1. The SMILES string of the molecule is CC1=NOC(=O)C1NNc1ccccc1Cl. The summed E-state index contributed by atoms with van der Waals surface area (Å²) >= 11 is 5.93. The van der Waals surface area contributed by atoms with E-state index in [-0.39, 0.29) is 0 Å². The van der Waals surface area contributed by atoms with Gasteiger partial charge in [0.2, 0.25) is 0 Å². The van der Waals surface area contributed by atoms with Crippen molar-refractivity contribution in [2.75, 3.05) is 5.43 Å². The maximum atomic E-state index is 11.2. The zero-order valence-corrected chi connectivity index (χ0v) is 9.28. The normalized spacial score (nSPS) is 19.2. The highest BCUT2D eigenvalue weighted by Gasteiger charge is 2.29. The average molecular weight is 240 g/mol. The smallest absolute Gasteiger partial charge is 0.319 e. The van der Waals surface area contributed by atoms with Crippen LogP contribution in [0.15, 0.2) is 29.4 Å². The number of carbonyl (C=O) groups is 1. The maximum Gasteiger partial charge on any atom is 0.359 e. The number of nitrogens with zero attached hydrogens (tertiary/aromatic N) is 1. The number of para-hydroxylation sites is 1. The Kier molecular flexibility index (Phi) is 3.07. The topological polar surface area (TPSA) is 62.7 Å². The molecule has 1 aliphatic heterocycles. The van der Waals surface area contributed by atoms with Crippen molar-refractivity contribution >= 4 is 29.0 Å². The molecule has 1 atom stereocenters. The predicted molar refractivity (Wildman–Crippen MR) is 61.2 cm³/mol. The fourth-order valence-corrected chi connectivity index (χ4v) is 1.45. The third-order valence-corrected chi connectivity index (χ3v) is 2.49. The van der Waals surface area contributed by atoms with Crippen molar-refractivity contribution < 1.29 is 9.63 Å². The number of nitrogens with one attached hydrogen (secondary N) is 2. The Hall–Kier alpha value is -1.59. The minimum absolute atomic E-state index is 0.433. The van der Waals surface area contributed by atoms with E-state index >= 15 is 0 Å². The zero-order chi connectivity index (χ0) is 11.5. The summed E-state index contributed by atoms with van der Waals surface area (Å²) in [5.41, 5.74) is 6.92. The highest BCUT2D eigenvalue weighted by Crippen LogP contribution is 2.19. The Morgan fingerprint density at radius 2 is 2.19 bits per heavy atom. The zero-order valence-electron chi connectivity index (χ0n) is 8.53. The lowest BCUT2D eigenvalue weighted by atomic mass is 10.2. The van der Waals surface area contributed by atoms with E-state index in [1.807, 2.05) is 12.1 Å². The number of hydrogen-bond acceptors (Lipinski definition) is 5. The second-order valence-electron chi connectivity index (χ2n) is 3.33. The Morgan fingerprint density at radius 3 is 2.81 bits per heavy atom. The number of hydrazine groups is 1. The molecule has 0 radical (unpaired) electrons. The largest absolute Gasteiger partial charge is 0.359 e. The standard InChI is InChI=1S/C10H10ClN3O2/c1-6-9(10(15)16-14-6)13-12-8-5-3-2-4-7(8)11/h2-5,9,12-13H,1H3. The Labute approximate surface area is 97.4 Å². The van der Waals surface area contributed by atoms with E-state index in [9.17, 15) is 4.79 Å². The van der Waals surface area contributed by atoms with Crippen LogP contribution in [0.3, 0.4) is 0 Å². The summed E-state index contributed by atoms with van der Waals surface area (Å²) in [4.78, 5) is 15.7. The first kappa shape index (κ1) is 10.9. The Bertz CT molecular complexity index is 447. The Morgan fingerprint density at radius 1 is 1.44 bits per heavy atom. The second kappa shape index (κ2) is 4.51. The second-order valence-corrected chi connectivity index (χ2v) is 3.73. The van der Waals surface area contributed by atoms with E-state index in [0.29, 0.717) is 16.4 Å². The molecule has 1 heterocycles. The first-order valence-electron chi connectivity index (χ1n) is 4.70. The summed E-state index contributed by atoms with van der Waals surface area (Å²) < 4.78 is 0. The summed E-state index contributed by atoms with van der Waals surface area (Å²) in [5, 5.41) is 4.13. The molecule has 2 N–H and O–H groups in total. The highest BCUT2D eigenvalue weighted by atomic mass is 35.5. The molecule has 0 bridgehead atoms. The number of rotatable bonds is 3. The molecule has 16 heavy (non-hydrogen) atoms. The van der Waals surface area contributed by atoms with Gasteiger partial charge < -0.3 is 10.3 Å². The quantitative estimate of drug-likeness (QED) is 0.621. The van der Waals surface area contributed by atoms with E-state index < -0.39 is 12.0 Å². The van der Waals surface area contributed by atoms with Crippen LogP contribution >= 0.6 is 11.6 Å². The molecule has 2 rings (SSSR count). The van der Waals surface area contributed by atoms with Crippen LogP contribution in [0.2, 0.25) is 5.02 Å². The summed E-state index contributed by atoms with van der Waals surface area (Å²) in [6, 6.07) is 6.63.